The Morgan fingerprint density at radius 3 is 3.00 bits per heavy atom. The third-order valence-electron chi connectivity index (χ3n) is 2.59. The van der Waals surface area contributed by atoms with Gasteiger partial charge in [-0.1, -0.05) is 17.7 Å². The number of hydrogen-bond donors (Lipinski definition) is 1. The first-order chi connectivity index (χ1) is 9.22. The number of imidazole rings is 1. The van der Waals surface area contributed by atoms with Gasteiger partial charge in [0, 0.05) is 18.0 Å². The van der Waals surface area contributed by atoms with Crippen molar-refractivity contribution in [3.63, 3.8) is 0 Å². The van der Waals surface area contributed by atoms with Crippen molar-refractivity contribution in [3.8, 4) is 0 Å². The van der Waals surface area contributed by atoms with E-state index in [1.807, 2.05) is 28.8 Å². The molecule has 0 unspecified atom stereocenters. The number of carbonyl (C=O) groups is 1. The lowest BCUT2D eigenvalue weighted by atomic mass is 10.2. The van der Waals surface area contributed by atoms with Gasteiger partial charge in [0.1, 0.15) is 10.8 Å². The van der Waals surface area contributed by atoms with E-state index in [9.17, 15) is 4.79 Å². The first kappa shape index (κ1) is 11.7. The van der Waals surface area contributed by atoms with Gasteiger partial charge in [-0.25, -0.2) is 9.97 Å². The molecule has 3 rings (SSSR count). The van der Waals surface area contributed by atoms with Crippen molar-refractivity contribution in [2.24, 2.45) is 0 Å². The van der Waals surface area contributed by atoms with Gasteiger partial charge in [-0.15, -0.1) is 0 Å². The maximum atomic E-state index is 12.0. The predicted octanol–water partition coefficient (Wildman–Crippen LogP) is 2.64. The van der Waals surface area contributed by atoms with Crippen LogP contribution >= 0.6 is 11.6 Å². The molecule has 0 spiro atoms. The van der Waals surface area contributed by atoms with Crippen molar-refractivity contribution in [1.29, 1.82) is 0 Å². The van der Waals surface area contributed by atoms with Crippen molar-refractivity contribution in [1.82, 2.24) is 14.4 Å². The zero-order valence-corrected chi connectivity index (χ0v) is 10.5. The predicted molar refractivity (Wildman–Crippen MR) is 72.4 cm³/mol. The number of aromatic nitrogens is 3. The molecular formula is C13H9ClN4O. The van der Waals surface area contributed by atoms with Gasteiger partial charge in [-0.2, -0.15) is 0 Å². The topological polar surface area (TPSA) is 59.3 Å². The molecule has 0 bridgehead atoms. The van der Waals surface area contributed by atoms with E-state index in [0.29, 0.717) is 11.4 Å². The molecule has 0 saturated heterocycles. The monoisotopic (exact) mass is 272 g/mol. The normalized spacial score (nSPS) is 10.6. The largest absolute Gasteiger partial charge is 0.305 e. The van der Waals surface area contributed by atoms with Crippen LogP contribution < -0.4 is 5.32 Å². The number of amides is 1. The summed E-state index contributed by atoms with van der Waals surface area (Å²) in [5, 5.41) is 3.00. The molecule has 0 aliphatic heterocycles. The van der Waals surface area contributed by atoms with Gasteiger partial charge in [-0.05, 0) is 24.3 Å². The summed E-state index contributed by atoms with van der Waals surface area (Å²) in [6.45, 7) is 0. The number of nitrogens with one attached hydrogen (secondary N) is 1. The Morgan fingerprint density at radius 2 is 2.21 bits per heavy atom. The molecule has 0 radical (unpaired) electrons. The minimum atomic E-state index is -0.271. The number of fused-ring (bicyclic) bond motifs is 1. The van der Waals surface area contributed by atoms with E-state index in [4.69, 9.17) is 11.6 Å². The zero-order valence-electron chi connectivity index (χ0n) is 9.75. The third-order valence-corrected chi connectivity index (χ3v) is 2.80. The van der Waals surface area contributed by atoms with Crippen molar-refractivity contribution >= 4 is 29.0 Å². The summed E-state index contributed by atoms with van der Waals surface area (Å²) in [7, 11) is 0. The van der Waals surface area contributed by atoms with E-state index < -0.39 is 0 Å². The second kappa shape index (κ2) is 4.70. The Kier molecular flexibility index (Phi) is 2.89. The van der Waals surface area contributed by atoms with E-state index in [0.717, 1.165) is 5.65 Å². The smallest absolute Gasteiger partial charge is 0.257 e. The maximum Gasteiger partial charge on any atom is 0.257 e. The number of anilines is 1. The molecule has 0 fully saturated rings. The summed E-state index contributed by atoms with van der Waals surface area (Å²) in [6.07, 6.45) is 5.10. The molecule has 1 amide bonds. The van der Waals surface area contributed by atoms with Crippen LogP contribution in [0.25, 0.3) is 5.65 Å². The van der Waals surface area contributed by atoms with E-state index >= 15 is 0 Å². The van der Waals surface area contributed by atoms with Crippen LogP contribution in [0.5, 0.6) is 0 Å². The molecule has 0 saturated carbocycles. The van der Waals surface area contributed by atoms with Gasteiger partial charge >= 0.3 is 0 Å². The Morgan fingerprint density at radius 1 is 1.32 bits per heavy atom. The molecule has 0 aliphatic rings. The Bertz CT molecular complexity index is 720. The van der Waals surface area contributed by atoms with Gasteiger partial charge in [0.2, 0.25) is 0 Å². The zero-order chi connectivity index (χ0) is 13.2. The first-order valence-electron chi connectivity index (χ1n) is 5.59. The lowest BCUT2D eigenvalue weighted by Crippen LogP contribution is -2.12. The number of pyridine rings is 2. The van der Waals surface area contributed by atoms with Crippen LogP contribution in [0, 0.1) is 0 Å². The van der Waals surface area contributed by atoms with Crippen molar-refractivity contribution in [2.45, 2.75) is 0 Å². The molecule has 19 heavy (non-hydrogen) atoms. The molecule has 1 N–H and O–H groups in total. The summed E-state index contributed by atoms with van der Waals surface area (Å²) in [6, 6.07) is 8.74. The number of nitrogens with zero attached hydrogens (tertiary/aromatic N) is 3. The van der Waals surface area contributed by atoms with Crippen LogP contribution in [0.2, 0.25) is 5.15 Å². The second-order valence-corrected chi connectivity index (χ2v) is 4.30. The summed E-state index contributed by atoms with van der Waals surface area (Å²) in [5.74, 6) is 0.219. The number of carbonyl (C=O) groups excluding carboxylic acids is 1. The molecule has 0 atom stereocenters. The molecule has 6 heteroatoms. The number of hydrogen-bond acceptors (Lipinski definition) is 3. The van der Waals surface area contributed by atoms with Crippen molar-refractivity contribution in [2.75, 3.05) is 5.32 Å². The highest BCUT2D eigenvalue weighted by molar-refractivity contribution is 6.29. The van der Waals surface area contributed by atoms with Crippen LogP contribution in [0.4, 0.5) is 5.82 Å². The Hall–Kier alpha value is -2.40. The van der Waals surface area contributed by atoms with Crippen molar-refractivity contribution in [3.05, 3.63) is 59.6 Å². The van der Waals surface area contributed by atoms with E-state index in [1.54, 1.807) is 12.3 Å². The van der Waals surface area contributed by atoms with E-state index in [-0.39, 0.29) is 11.1 Å². The van der Waals surface area contributed by atoms with Crippen LogP contribution in [0.1, 0.15) is 10.4 Å². The standard InChI is InChI=1S/C13H9ClN4O/c14-10-7-9(4-5-15-10)13(19)17-11-8-18-6-2-1-3-12(18)16-11/h1-8H,(H,17,19). The van der Waals surface area contributed by atoms with Gasteiger partial charge < -0.3 is 9.72 Å². The minimum absolute atomic E-state index is 0.271. The fourth-order valence-corrected chi connectivity index (χ4v) is 1.90. The summed E-state index contributed by atoms with van der Waals surface area (Å²) >= 11 is 5.75. The summed E-state index contributed by atoms with van der Waals surface area (Å²) in [4.78, 5) is 20.1. The highest BCUT2D eigenvalue weighted by atomic mass is 35.5. The fourth-order valence-electron chi connectivity index (χ4n) is 1.73. The average molecular weight is 273 g/mol. The molecule has 0 aliphatic carbocycles. The Labute approximate surface area is 113 Å². The average Bonchev–Trinajstić information content (AvgIpc) is 2.80. The highest BCUT2D eigenvalue weighted by Crippen LogP contribution is 2.12. The molecule has 3 heterocycles. The third kappa shape index (κ3) is 2.41. The van der Waals surface area contributed by atoms with Crippen LogP contribution in [0.15, 0.2) is 48.9 Å². The molecular weight excluding hydrogens is 264 g/mol. The lowest BCUT2D eigenvalue weighted by Gasteiger charge is -2.01. The quantitative estimate of drug-likeness (QED) is 0.730. The molecule has 0 aromatic carbocycles. The summed E-state index contributed by atoms with van der Waals surface area (Å²) < 4.78 is 1.83. The fraction of sp³-hybridized carbons (Fsp3) is 0. The van der Waals surface area contributed by atoms with E-state index in [1.165, 1.54) is 12.3 Å². The molecule has 3 aromatic heterocycles. The van der Waals surface area contributed by atoms with Gasteiger partial charge in [0.25, 0.3) is 5.91 Å². The van der Waals surface area contributed by atoms with Gasteiger partial charge in [-0.3, -0.25) is 4.79 Å². The highest BCUT2D eigenvalue weighted by Gasteiger charge is 2.09. The van der Waals surface area contributed by atoms with E-state index in [2.05, 4.69) is 15.3 Å². The number of halogens is 1. The minimum Gasteiger partial charge on any atom is -0.305 e. The number of rotatable bonds is 2. The molecule has 3 aromatic rings. The molecule has 94 valence electrons. The van der Waals surface area contributed by atoms with Crippen LogP contribution in [-0.2, 0) is 0 Å². The SMILES string of the molecule is O=C(Nc1cn2ccccc2n1)c1ccnc(Cl)c1. The molecule has 5 nitrogen and oxygen atoms in total. The van der Waals surface area contributed by atoms with Crippen LogP contribution in [-0.4, -0.2) is 20.3 Å². The first-order valence-corrected chi connectivity index (χ1v) is 5.97. The van der Waals surface area contributed by atoms with Gasteiger partial charge in [0.15, 0.2) is 5.82 Å². The van der Waals surface area contributed by atoms with Crippen molar-refractivity contribution < 1.29 is 4.79 Å². The van der Waals surface area contributed by atoms with Gasteiger partial charge in [0.05, 0.1) is 6.20 Å². The second-order valence-electron chi connectivity index (χ2n) is 3.91. The van der Waals surface area contributed by atoms with Crippen LogP contribution in [0.3, 0.4) is 0 Å². The Balaban J connectivity index is 1.86. The lowest BCUT2D eigenvalue weighted by molar-refractivity contribution is 0.102. The summed E-state index contributed by atoms with van der Waals surface area (Å²) in [5.41, 5.74) is 1.21. The maximum absolute atomic E-state index is 12.0.